The molecule has 1 unspecified atom stereocenters. The number of ketones is 1. The van der Waals surface area contributed by atoms with E-state index in [0.29, 0.717) is 44.3 Å². The van der Waals surface area contributed by atoms with E-state index >= 15 is 0 Å². The molecule has 4 aromatic rings. The molecule has 3 heterocycles. The molecule has 1 aromatic heterocycles. The summed E-state index contributed by atoms with van der Waals surface area (Å²) in [5.41, 5.74) is 1.91. The first-order valence-corrected chi connectivity index (χ1v) is 25.3. The van der Waals surface area contributed by atoms with E-state index < -0.39 is 64.3 Å². The number of nitrogens with zero attached hydrogens (tertiary/aromatic N) is 4. The van der Waals surface area contributed by atoms with Gasteiger partial charge in [-0.15, -0.1) is 11.3 Å². The molecular weight excluding hydrogens is 970 g/mol. The summed E-state index contributed by atoms with van der Waals surface area (Å²) < 4.78 is 58.5. The zero-order valence-corrected chi connectivity index (χ0v) is 43.1. The number of nitrogens with one attached hydrogen (secondary N) is 2. The van der Waals surface area contributed by atoms with Crippen LogP contribution in [0.3, 0.4) is 0 Å². The van der Waals surface area contributed by atoms with Crippen LogP contribution in [0, 0.1) is 18.9 Å². The molecule has 0 bridgehead atoms. The van der Waals surface area contributed by atoms with Crippen LogP contribution in [0.2, 0.25) is 0 Å². The summed E-state index contributed by atoms with van der Waals surface area (Å²) in [7, 11) is 0. The van der Waals surface area contributed by atoms with Gasteiger partial charge in [0.05, 0.1) is 57.4 Å². The number of alkyl halides is 3. The average Bonchev–Trinajstić information content (AvgIpc) is 4.00. The molecule has 0 saturated carbocycles. The van der Waals surface area contributed by atoms with Gasteiger partial charge in [-0.25, -0.2) is 9.83 Å². The fourth-order valence-electron chi connectivity index (χ4n) is 8.80. The summed E-state index contributed by atoms with van der Waals surface area (Å²) in [6, 6.07) is 16.3. The number of hydrogen-bond acceptors (Lipinski definition) is 11. The summed E-state index contributed by atoms with van der Waals surface area (Å²) in [5, 5.41) is 16.3. The van der Waals surface area contributed by atoms with E-state index in [-0.39, 0.29) is 48.4 Å². The molecule has 2 fully saturated rings. The number of ether oxygens (including phenoxy) is 3. The van der Waals surface area contributed by atoms with E-state index in [0.717, 1.165) is 59.5 Å². The zero-order chi connectivity index (χ0) is 52.4. The summed E-state index contributed by atoms with van der Waals surface area (Å²) in [4.78, 5) is 65.6. The standard InChI is InChI=1S/C53H63F3N6O8S2/c1-33-45(72-32-59-33)35-15-13-34(14-16-35)29-58-48(66)42-28-38(63)30-61(42)49(67)46(51(2,3)4)60-43(64)31-69-25-12-11-24-68-23-9-8-10-26-70-39-20-18-37(19-21-39)62-50(71)44(47(65)52(62,5)6)36-17-22-41(57-7)40(27-36)53(54,55)56/h13-22,27,32,38,42,44,46,63H,8-12,23-26,28-31H2,1-6H3,(H,58,66)(H,60,64)/t38-,42+,44?,46-/m1/s1. The molecule has 14 nitrogen and oxygen atoms in total. The smallest absolute Gasteiger partial charge is 0.407 e. The molecule has 0 aliphatic carbocycles. The molecular formula is C53H63F3N6O8S2. The van der Waals surface area contributed by atoms with Gasteiger partial charge < -0.3 is 39.8 Å². The van der Waals surface area contributed by atoms with Crippen LogP contribution in [0.25, 0.3) is 15.3 Å². The van der Waals surface area contributed by atoms with Crippen molar-refractivity contribution in [2.45, 2.75) is 122 Å². The van der Waals surface area contributed by atoms with Crippen molar-refractivity contribution in [3.63, 3.8) is 0 Å². The predicted molar refractivity (Wildman–Crippen MR) is 273 cm³/mol. The van der Waals surface area contributed by atoms with Crippen molar-refractivity contribution < 1.29 is 51.7 Å². The molecule has 2 saturated heterocycles. The van der Waals surface area contributed by atoms with Crippen LogP contribution in [0.15, 0.2) is 72.2 Å². The number of β-amino-alcohol motifs (C(OH)–C–C–N with tert-alkyl or cyclic N) is 1. The highest BCUT2D eigenvalue weighted by atomic mass is 32.1. The second-order valence-corrected chi connectivity index (χ2v) is 20.9. The molecule has 0 radical (unpaired) electrons. The Hall–Kier alpha value is -5.78. The third-order valence-electron chi connectivity index (χ3n) is 12.7. The van der Waals surface area contributed by atoms with Gasteiger partial charge in [-0.05, 0) is 99.2 Å². The van der Waals surface area contributed by atoms with Crippen LogP contribution < -0.4 is 20.3 Å². The van der Waals surface area contributed by atoms with E-state index in [2.05, 4.69) is 20.5 Å². The van der Waals surface area contributed by atoms with Crippen molar-refractivity contribution in [1.82, 2.24) is 20.5 Å². The number of unbranched alkanes of at least 4 members (excludes halogenated alkanes) is 3. The van der Waals surface area contributed by atoms with Crippen molar-refractivity contribution >= 4 is 63.4 Å². The normalized spacial score (nSPS) is 18.3. The number of Topliss-reactive ketones (excluding diaryl/α,β-unsaturated/α-hetero) is 1. The summed E-state index contributed by atoms with van der Waals surface area (Å²) in [6.45, 7) is 19.8. The first-order valence-electron chi connectivity index (χ1n) is 24.0. The lowest BCUT2D eigenvalue weighted by molar-refractivity contribution is -0.144. The molecule has 4 atom stereocenters. The molecule has 3 amide bonds. The molecule has 3 N–H and O–H groups in total. The number of aryl methyl sites for hydroxylation is 1. The monoisotopic (exact) mass is 1030 g/mol. The molecule has 19 heteroatoms. The van der Waals surface area contributed by atoms with Crippen LogP contribution in [-0.2, 0) is 41.4 Å². The number of hydrogen-bond donors (Lipinski definition) is 3. The lowest BCUT2D eigenvalue weighted by atomic mass is 9.85. The van der Waals surface area contributed by atoms with Gasteiger partial charge in [0.15, 0.2) is 11.5 Å². The van der Waals surface area contributed by atoms with E-state index in [9.17, 15) is 37.5 Å². The van der Waals surface area contributed by atoms with Gasteiger partial charge >= 0.3 is 6.18 Å². The fraction of sp³-hybridized carbons (Fsp3) is 0.491. The highest BCUT2D eigenvalue weighted by Gasteiger charge is 2.52. The number of aliphatic hydroxyl groups excluding tert-OH is 1. The van der Waals surface area contributed by atoms with Crippen LogP contribution in [0.5, 0.6) is 5.75 Å². The molecule has 2 aliphatic rings. The fourth-order valence-corrected chi connectivity index (χ4v) is 10.2. The van der Waals surface area contributed by atoms with Crippen molar-refractivity contribution in [2.24, 2.45) is 5.41 Å². The van der Waals surface area contributed by atoms with Gasteiger partial charge in [0.1, 0.15) is 24.4 Å². The number of aliphatic hydroxyl groups is 1. The Kier molecular flexibility index (Phi) is 18.7. The van der Waals surface area contributed by atoms with Crippen molar-refractivity contribution in [3.05, 3.63) is 106 Å². The predicted octanol–water partition coefficient (Wildman–Crippen LogP) is 9.14. The van der Waals surface area contributed by atoms with Gasteiger partial charge in [-0.1, -0.05) is 75.5 Å². The minimum atomic E-state index is -4.76. The maximum atomic E-state index is 13.9. The van der Waals surface area contributed by atoms with Gasteiger partial charge in [0.2, 0.25) is 17.7 Å². The molecule has 0 spiro atoms. The van der Waals surface area contributed by atoms with E-state index in [1.165, 1.54) is 11.0 Å². The second kappa shape index (κ2) is 24.3. The molecule has 2 aliphatic heterocycles. The topological polar surface area (TPSA) is 164 Å². The van der Waals surface area contributed by atoms with Crippen LogP contribution in [-0.4, -0.2) is 107 Å². The first kappa shape index (κ1) is 55.5. The Morgan fingerprint density at radius 1 is 0.958 bits per heavy atom. The third-order valence-corrected chi connectivity index (χ3v) is 14.1. The molecule has 386 valence electrons. The van der Waals surface area contributed by atoms with E-state index in [1.807, 2.05) is 52.0 Å². The maximum absolute atomic E-state index is 13.9. The Bertz CT molecular complexity index is 2590. The molecule has 6 rings (SSSR count). The maximum Gasteiger partial charge on any atom is 0.407 e. The highest BCUT2D eigenvalue weighted by molar-refractivity contribution is 7.80. The van der Waals surface area contributed by atoms with Gasteiger partial charge in [0, 0.05) is 45.0 Å². The van der Waals surface area contributed by atoms with E-state index in [4.69, 9.17) is 33.0 Å². The number of thiocarbonyl (C=S) groups is 1. The summed E-state index contributed by atoms with van der Waals surface area (Å²) in [5.74, 6) is -2.09. The Morgan fingerprint density at radius 3 is 2.24 bits per heavy atom. The Labute approximate surface area is 428 Å². The number of thiazole rings is 1. The van der Waals surface area contributed by atoms with E-state index in [1.54, 1.807) is 59.9 Å². The number of rotatable bonds is 22. The molecule has 3 aromatic carbocycles. The number of carbonyl (C=O) groups excluding carboxylic acids is 4. The van der Waals surface area contributed by atoms with Crippen LogP contribution in [0.1, 0.15) is 101 Å². The number of carbonyl (C=O) groups is 4. The number of halogens is 3. The number of aromatic nitrogens is 1. The van der Waals surface area contributed by atoms with Crippen molar-refractivity contribution in [2.75, 3.05) is 44.5 Å². The molecule has 72 heavy (non-hydrogen) atoms. The Balaban J connectivity index is 0.836. The second-order valence-electron chi connectivity index (χ2n) is 19.6. The lowest BCUT2D eigenvalue weighted by Gasteiger charge is -2.35. The lowest BCUT2D eigenvalue weighted by Crippen LogP contribution is -2.58. The van der Waals surface area contributed by atoms with Gasteiger partial charge in [-0.2, -0.15) is 13.2 Å². The SMILES string of the molecule is [C-]#[N+]c1ccc(C2C(=O)C(C)(C)N(c3ccc(OCCCCCOCCCCOCC(=O)N[C@H](C(=O)N4C[C@H](O)C[C@H]4C(=O)NCc4ccc(-c5scnc5C)cc4)C(C)(C)C)cc3)C2=S)cc1C(F)(F)F. The minimum absolute atomic E-state index is 0.0224. The number of benzene rings is 3. The third kappa shape index (κ3) is 13.8. The zero-order valence-electron chi connectivity index (χ0n) is 41.5. The van der Waals surface area contributed by atoms with Gasteiger partial charge in [0.25, 0.3) is 0 Å². The summed E-state index contributed by atoms with van der Waals surface area (Å²) in [6.07, 6.45) is -1.66. The Morgan fingerprint density at radius 2 is 1.61 bits per heavy atom. The number of anilines is 1. The number of likely N-dealkylation sites (tertiary alicyclic amines) is 1. The van der Waals surface area contributed by atoms with Crippen molar-refractivity contribution in [1.29, 1.82) is 0 Å². The van der Waals surface area contributed by atoms with Crippen LogP contribution in [0.4, 0.5) is 24.5 Å². The first-order chi connectivity index (χ1) is 34.1. The van der Waals surface area contributed by atoms with Crippen LogP contribution >= 0.6 is 23.6 Å². The van der Waals surface area contributed by atoms with Gasteiger partial charge in [-0.3, -0.25) is 19.2 Å². The summed E-state index contributed by atoms with van der Waals surface area (Å²) >= 11 is 7.27. The minimum Gasteiger partial charge on any atom is -0.494 e. The quantitative estimate of drug-likeness (QED) is 0.0391. The average molecular weight is 1030 g/mol. The van der Waals surface area contributed by atoms with Crippen molar-refractivity contribution in [3.8, 4) is 16.2 Å². The highest BCUT2D eigenvalue weighted by Crippen LogP contribution is 2.44. The number of amides is 3. The largest absolute Gasteiger partial charge is 0.494 e.